The highest BCUT2D eigenvalue weighted by Gasteiger charge is 2.07. The molecule has 4 heteroatoms. The smallest absolute Gasteiger partial charge is 0.203 e. The maximum atomic E-state index is 12.1. The molecule has 1 heterocycles. The van der Waals surface area contributed by atoms with Crippen LogP contribution in [0.3, 0.4) is 0 Å². The Labute approximate surface area is 118 Å². The van der Waals surface area contributed by atoms with Crippen LogP contribution in [0.2, 0.25) is 0 Å². The van der Waals surface area contributed by atoms with Gasteiger partial charge in [0.1, 0.15) is 11.4 Å². The lowest BCUT2D eigenvalue weighted by atomic mass is 10.1. The zero-order chi connectivity index (χ0) is 14.4. The number of ketones is 1. The molecule has 1 aromatic carbocycles. The van der Waals surface area contributed by atoms with Gasteiger partial charge >= 0.3 is 0 Å². The lowest BCUT2D eigenvalue weighted by Gasteiger charge is -2.02. The topological polar surface area (TPSA) is 44.1 Å². The lowest BCUT2D eigenvalue weighted by Crippen LogP contribution is -2.07. The highest BCUT2D eigenvalue weighted by atomic mass is 16.5. The van der Waals surface area contributed by atoms with Crippen molar-refractivity contribution < 1.29 is 9.53 Å². The Hall–Kier alpha value is -2.36. The molecule has 1 aromatic heterocycles. The number of allylic oxidation sites excluding steroid dienone is 1. The quantitative estimate of drug-likeness (QED) is 0.598. The van der Waals surface area contributed by atoms with E-state index in [2.05, 4.69) is 5.10 Å². The van der Waals surface area contributed by atoms with Gasteiger partial charge in [-0.3, -0.25) is 9.48 Å². The minimum Gasteiger partial charge on any atom is -0.494 e. The molecule has 0 saturated heterocycles. The summed E-state index contributed by atoms with van der Waals surface area (Å²) in [5.74, 6) is 0.790. The van der Waals surface area contributed by atoms with E-state index in [9.17, 15) is 4.79 Å². The Morgan fingerprint density at radius 3 is 2.65 bits per heavy atom. The van der Waals surface area contributed by atoms with E-state index in [1.165, 1.54) is 0 Å². The second-order valence-corrected chi connectivity index (χ2v) is 4.23. The van der Waals surface area contributed by atoms with Crippen LogP contribution in [-0.2, 0) is 6.54 Å². The number of carbonyl (C=O) groups excluding carboxylic acids is 1. The van der Waals surface area contributed by atoms with Gasteiger partial charge in [0.15, 0.2) is 0 Å². The maximum absolute atomic E-state index is 12.1. The highest BCUT2D eigenvalue weighted by Crippen LogP contribution is 2.13. The molecule has 104 valence electrons. The predicted molar refractivity (Wildman–Crippen MR) is 78.9 cm³/mol. The van der Waals surface area contributed by atoms with Crippen LogP contribution in [0.4, 0.5) is 0 Å². The summed E-state index contributed by atoms with van der Waals surface area (Å²) in [6.07, 6.45) is 5.01. The number of ether oxygens (including phenoxy) is 1. The molecule has 0 saturated carbocycles. The molecule has 0 spiro atoms. The Bertz CT molecular complexity index is 597. The molecule has 2 aromatic rings. The maximum Gasteiger partial charge on any atom is 0.203 e. The van der Waals surface area contributed by atoms with E-state index in [-0.39, 0.29) is 5.78 Å². The summed E-state index contributed by atoms with van der Waals surface area (Å²) >= 11 is 0. The number of rotatable bonds is 6. The van der Waals surface area contributed by atoms with Crippen molar-refractivity contribution in [1.82, 2.24) is 9.78 Å². The first-order chi connectivity index (χ1) is 9.74. The molecule has 0 bridgehead atoms. The van der Waals surface area contributed by atoms with Gasteiger partial charge in [0.25, 0.3) is 0 Å². The highest BCUT2D eigenvalue weighted by molar-refractivity contribution is 6.05. The van der Waals surface area contributed by atoms with Crippen molar-refractivity contribution in [3.63, 3.8) is 0 Å². The van der Waals surface area contributed by atoms with E-state index in [0.717, 1.165) is 11.3 Å². The van der Waals surface area contributed by atoms with Gasteiger partial charge in [-0.25, -0.2) is 0 Å². The average molecular weight is 270 g/mol. The monoisotopic (exact) mass is 270 g/mol. The first-order valence-corrected chi connectivity index (χ1v) is 6.71. The number of aromatic nitrogens is 2. The van der Waals surface area contributed by atoms with Crippen molar-refractivity contribution >= 4 is 11.9 Å². The fraction of sp³-hybridized carbons (Fsp3) is 0.250. The molecule has 0 aliphatic rings. The van der Waals surface area contributed by atoms with Gasteiger partial charge in [0.2, 0.25) is 5.78 Å². The predicted octanol–water partition coefficient (Wildman–Crippen LogP) is 3.20. The summed E-state index contributed by atoms with van der Waals surface area (Å²) in [4.78, 5) is 12.1. The average Bonchev–Trinajstić information content (AvgIpc) is 2.95. The first kappa shape index (κ1) is 14.1. The zero-order valence-electron chi connectivity index (χ0n) is 11.7. The molecule has 4 nitrogen and oxygen atoms in total. The van der Waals surface area contributed by atoms with Crippen molar-refractivity contribution in [2.45, 2.75) is 20.4 Å². The van der Waals surface area contributed by atoms with E-state index < -0.39 is 0 Å². The van der Waals surface area contributed by atoms with Gasteiger partial charge in [-0.05, 0) is 43.7 Å². The molecular formula is C16H18N2O2. The fourth-order valence-corrected chi connectivity index (χ4v) is 1.89. The Balaban J connectivity index is 2.07. The van der Waals surface area contributed by atoms with Crippen LogP contribution in [0.25, 0.3) is 6.08 Å². The van der Waals surface area contributed by atoms with E-state index in [4.69, 9.17) is 4.74 Å². The van der Waals surface area contributed by atoms with Gasteiger partial charge in [-0.15, -0.1) is 0 Å². The lowest BCUT2D eigenvalue weighted by molar-refractivity contribution is 0.103. The molecule has 0 amide bonds. The third-order valence-electron chi connectivity index (χ3n) is 2.89. The molecule has 0 N–H and O–H groups in total. The molecule has 0 aliphatic carbocycles. The van der Waals surface area contributed by atoms with Crippen molar-refractivity contribution in [3.05, 3.63) is 53.9 Å². The van der Waals surface area contributed by atoms with Crippen molar-refractivity contribution in [1.29, 1.82) is 0 Å². The summed E-state index contributed by atoms with van der Waals surface area (Å²) in [6, 6.07) is 9.36. The number of benzene rings is 1. The van der Waals surface area contributed by atoms with Crippen LogP contribution >= 0.6 is 0 Å². The Morgan fingerprint density at radius 2 is 2.00 bits per heavy atom. The standard InChI is InChI=1S/C16H18N2O2/c1-3-18-15(11-12-17-18)16(19)10-7-13-5-8-14(9-6-13)20-4-2/h5-12H,3-4H2,1-2H3/b10-7+. The van der Waals surface area contributed by atoms with E-state index in [1.807, 2.05) is 38.1 Å². The largest absolute Gasteiger partial charge is 0.494 e. The molecular weight excluding hydrogens is 252 g/mol. The summed E-state index contributed by atoms with van der Waals surface area (Å²) in [7, 11) is 0. The third kappa shape index (κ3) is 3.35. The van der Waals surface area contributed by atoms with Crippen LogP contribution in [-0.4, -0.2) is 22.2 Å². The van der Waals surface area contributed by atoms with Gasteiger partial charge in [-0.1, -0.05) is 18.2 Å². The van der Waals surface area contributed by atoms with Gasteiger partial charge in [0.05, 0.1) is 6.61 Å². The van der Waals surface area contributed by atoms with E-state index in [0.29, 0.717) is 18.8 Å². The van der Waals surface area contributed by atoms with E-state index >= 15 is 0 Å². The van der Waals surface area contributed by atoms with Crippen molar-refractivity contribution in [3.8, 4) is 5.75 Å². The Kier molecular flexibility index (Phi) is 4.71. The van der Waals surface area contributed by atoms with Crippen LogP contribution in [0, 0.1) is 0 Å². The minimum absolute atomic E-state index is 0.0433. The minimum atomic E-state index is -0.0433. The van der Waals surface area contributed by atoms with Crippen molar-refractivity contribution in [2.24, 2.45) is 0 Å². The van der Waals surface area contributed by atoms with Crippen LogP contribution in [0.1, 0.15) is 29.9 Å². The molecule has 0 unspecified atom stereocenters. The number of hydrogen-bond acceptors (Lipinski definition) is 3. The van der Waals surface area contributed by atoms with E-state index in [1.54, 1.807) is 29.1 Å². The molecule has 0 radical (unpaired) electrons. The van der Waals surface area contributed by atoms with Gasteiger partial charge in [0, 0.05) is 12.7 Å². The number of aryl methyl sites for hydroxylation is 1. The van der Waals surface area contributed by atoms with Gasteiger partial charge < -0.3 is 4.74 Å². The second-order valence-electron chi connectivity index (χ2n) is 4.23. The second kappa shape index (κ2) is 6.70. The summed E-state index contributed by atoms with van der Waals surface area (Å²) in [5, 5.41) is 4.09. The number of nitrogens with zero attached hydrogens (tertiary/aromatic N) is 2. The summed E-state index contributed by atoms with van der Waals surface area (Å²) in [6.45, 7) is 5.24. The number of hydrogen-bond donors (Lipinski definition) is 0. The Morgan fingerprint density at radius 1 is 1.25 bits per heavy atom. The SMILES string of the molecule is CCOc1ccc(/C=C/C(=O)c2ccnn2CC)cc1. The summed E-state index contributed by atoms with van der Waals surface area (Å²) in [5.41, 5.74) is 1.57. The molecule has 0 atom stereocenters. The molecule has 0 aliphatic heterocycles. The fourth-order valence-electron chi connectivity index (χ4n) is 1.89. The number of carbonyl (C=O) groups is 1. The van der Waals surface area contributed by atoms with Crippen LogP contribution < -0.4 is 4.74 Å². The third-order valence-corrected chi connectivity index (χ3v) is 2.89. The molecule has 0 fully saturated rings. The van der Waals surface area contributed by atoms with Crippen molar-refractivity contribution in [2.75, 3.05) is 6.61 Å². The normalized spacial score (nSPS) is 10.9. The van der Waals surface area contributed by atoms with Crippen LogP contribution in [0.15, 0.2) is 42.6 Å². The van der Waals surface area contributed by atoms with Crippen LogP contribution in [0.5, 0.6) is 5.75 Å². The molecule has 2 rings (SSSR count). The first-order valence-electron chi connectivity index (χ1n) is 6.71. The zero-order valence-corrected chi connectivity index (χ0v) is 11.7. The molecule has 20 heavy (non-hydrogen) atoms. The van der Waals surface area contributed by atoms with Gasteiger partial charge in [-0.2, -0.15) is 5.10 Å². The summed E-state index contributed by atoms with van der Waals surface area (Å²) < 4.78 is 7.06.